The summed E-state index contributed by atoms with van der Waals surface area (Å²) in [5.41, 5.74) is 2.09. The fourth-order valence-electron chi connectivity index (χ4n) is 3.36. The molecular formula is C23H46N2O3. The van der Waals surface area contributed by atoms with E-state index in [0.717, 1.165) is 12.8 Å². The van der Waals surface area contributed by atoms with Gasteiger partial charge in [0, 0.05) is 12.8 Å². The highest BCUT2D eigenvalue weighted by Crippen LogP contribution is 2.13. The summed E-state index contributed by atoms with van der Waals surface area (Å²) in [5, 5.41) is 0. The molecule has 0 unspecified atom stereocenters. The van der Waals surface area contributed by atoms with Gasteiger partial charge in [-0.25, -0.2) is 5.84 Å². The van der Waals surface area contributed by atoms with Crippen molar-refractivity contribution in [2.45, 2.75) is 129 Å². The number of hydrazine groups is 1. The second-order valence-corrected chi connectivity index (χ2v) is 7.94. The molecule has 0 spiro atoms. The summed E-state index contributed by atoms with van der Waals surface area (Å²) >= 11 is 0. The van der Waals surface area contributed by atoms with E-state index in [1.54, 1.807) is 0 Å². The molecule has 0 atom stereocenters. The lowest BCUT2D eigenvalue weighted by molar-refractivity contribution is -0.143. The number of ether oxygens (including phenoxy) is 1. The van der Waals surface area contributed by atoms with Gasteiger partial charge in [-0.05, 0) is 19.3 Å². The Morgan fingerprint density at radius 2 is 1.07 bits per heavy atom. The predicted molar refractivity (Wildman–Crippen MR) is 117 cm³/mol. The van der Waals surface area contributed by atoms with Gasteiger partial charge in [0.1, 0.15) is 0 Å². The van der Waals surface area contributed by atoms with Gasteiger partial charge in [0.05, 0.1) is 6.61 Å². The van der Waals surface area contributed by atoms with Crippen LogP contribution in [0.15, 0.2) is 0 Å². The molecule has 0 aliphatic heterocycles. The maximum Gasteiger partial charge on any atom is 0.305 e. The number of esters is 1. The quantitative estimate of drug-likeness (QED) is 0.0822. The van der Waals surface area contributed by atoms with Crippen molar-refractivity contribution in [2.24, 2.45) is 5.84 Å². The number of nitrogens with two attached hydrogens (primary N) is 1. The Labute approximate surface area is 173 Å². The third kappa shape index (κ3) is 21.2. The molecule has 0 bridgehead atoms. The monoisotopic (exact) mass is 398 g/mol. The number of hydrogen-bond acceptors (Lipinski definition) is 4. The Morgan fingerprint density at radius 3 is 1.54 bits per heavy atom. The van der Waals surface area contributed by atoms with E-state index >= 15 is 0 Å². The maximum atomic E-state index is 11.6. The van der Waals surface area contributed by atoms with Crippen LogP contribution in [0.25, 0.3) is 0 Å². The Bertz CT molecular complexity index is 362. The largest absolute Gasteiger partial charge is 0.466 e. The zero-order chi connectivity index (χ0) is 20.7. The normalized spacial score (nSPS) is 10.8. The van der Waals surface area contributed by atoms with Gasteiger partial charge in [-0.2, -0.15) is 0 Å². The Morgan fingerprint density at radius 1 is 0.643 bits per heavy atom. The average Bonchev–Trinajstić information content (AvgIpc) is 2.70. The topological polar surface area (TPSA) is 81.4 Å². The lowest BCUT2D eigenvalue weighted by Crippen LogP contribution is -2.29. The van der Waals surface area contributed by atoms with E-state index in [1.807, 2.05) is 0 Å². The molecule has 0 fully saturated rings. The Kier molecular flexibility index (Phi) is 21.3. The summed E-state index contributed by atoms with van der Waals surface area (Å²) in [6, 6.07) is 0. The molecular weight excluding hydrogens is 352 g/mol. The predicted octanol–water partition coefficient (Wildman–Crippen LogP) is 5.95. The van der Waals surface area contributed by atoms with Crippen LogP contribution in [0.5, 0.6) is 0 Å². The molecule has 5 heteroatoms. The van der Waals surface area contributed by atoms with Gasteiger partial charge in [0.2, 0.25) is 5.91 Å². The van der Waals surface area contributed by atoms with Gasteiger partial charge in [-0.1, -0.05) is 96.8 Å². The lowest BCUT2D eigenvalue weighted by atomic mass is 10.0. The number of carbonyl (C=O) groups excluding carboxylic acids is 2. The standard InChI is InChI=1S/C23H46N2O3/c1-2-3-4-5-6-7-8-9-10-11-12-13-14-15-16-20-23(27)28-21-18-17-19-22(26)25-24/h2-21,24H2,1H3,(H,25,26). The third-order valence-corrected chi connectivity index (χ3v) is 5.21. The molecule has 0 aromatic rings. The smallest absolute Gasteiger partial charge is 0.305 e. The third-order valence-electron chi connectivity index (χ3n) is 5.21. The van der Waals surface area contributed by atoms with E-state index in [9.17, 15) is 9.59 Å². The average molecular weight is 399 g/mol. The van der Waals surface area contributed by atoms with Gasteiger partial charge < -0.3 is 4.74 Å². The number of unbranched alkanes of at least 4 members (excludes halogenated alkanes) is 15. The van der Waals surface area contributed by atoms with Crippen LogP contribution < -0.4 is 11.3 Å². The minimum atomic E-state index is -0.177. The summed E-state index contributed by atoms with van der Waals surface area (Å²) in [4.78, 5) is 22.5. The van der Waals surface area contributed by atoms with Crippen LogP contribution in [0.2, 0.25) is 0 Å². The van der Waals surface area contributed by atoms with Crippen molar-refractivity contribution in [3.63, 3.8) is 0 Å². The van der Waals surface area contributed by atoms with Crippen molar-refractivity contribution in [1.82, 2.24) is 5.43 Å². The minimum Gasteiger partial charge on any atom is -0.466 e. The highest BCUT2D eigenvalue weighted by molar-refractivity contribution is 5.75. The van der Waals surface area contributed by atoms with E-state index in [2.05, 4.69) is 12.3 Å². The minimum absolute atomic E-state index is 0.113. The molecule has 0 aliphatic rings. The van der Waals surface area contributed by atoms with Gasteiger partial charge in [-0.3, -0.25) is 15.0 Å². The highest BCUT2D eigenvalue weighted by atomic mass is 16.5. The molecule has 0 saturated carbocycles. The first-order valence-electron chi connectivity index (χ1n) is 11.9. The van der Waals surface area contributed by atoms with E-state index in [1.165, 1.54) is 83.5 Å². The summed E-state index contributed by atoms with van der Waals surface area (Å²) in [5.74, 6) is 4.71. The molecule has 0 heterocycles. The second-order valence-electron chi connectivity index (χ2n) is 7.94. The van der Waals surface area contributed by atoms with Crippen molar-refractivity contribution in [3.8, 4) is 0 Å². The molecule has 0 aromatic heterocycles. The zero-order valence-electron chi connectivity index (χ0n) is 18.4. The molecule has 5 nitrogen and oxygen atoms in total. The number of nitrogens with one attached hydrogen (secondary N) is 1. The SMILES string of the molecule is CCCCCCCCCCCCCCCCCC(=O)OCCCCC(=O)NN. The number of rotatable bonds is 21. The van der Waals surface area contributed by atoms with E-state index in [-0.39, 0.29) is 11.9 Å². The van der Waals surface area contributed by atoms with E-state index in [4.69, 9.17) is 10.6 Å². The molecule has 1 amide bonds. The van der Waals surface area contributed by atoms with E-state index < -0.39 is 0 Å². The summed E-state index contributed by atoms with van der Waals surface area (Å²) in [6.07, 6.45) is 22.2. The van der Waals surface area contributed by atoms with Crippen LogP contribution >= 0.6 is 0 Å². The van der Waals surface area contributed by atoms with Gasteiger partial charge in [0.15, 0.2) is 0 Å². The second kappa shape index (κ2) is 22.2. The molecule has 166 valence electrons. The first kappa shape index (κ1) is 26.9. The van der Waals surface area contributed by atoms with Crippen molar-refractivity contribution < 1.29 is 14.3 Å². The number of amides is 1. The first-order valence-corrected chi connectivity index (χ1v) is 11.9. The first-order chi connectivity index (χ1) is 13.7. The highest BCUT2D eigenvalue weighted by Gasteiger charge is 2.03. The molecule has 0 aliphatic carbocycles. The van der Waals surface area contributed by atoms with Crippen LogP contribution in [0.1, 0.15) is 129 Å². The maximum absolute atomic E-state index is 11.6. The molecule has 0 aromatic carbocycles. The van der Waals surface area contributed by atoms with Crippen LogP contribution in [0, 0.1) is 0 Å². The van der Waals surface area contributed by atoms with Crippen molar-refractivity contribution >= 4 is 11.9 Å². The van der Waals surface area contributed by atoms with E-state index in [0.29, 0.717) is 32.3 Å². The summed E-state index contributed by atoms with van der Waals surface area (Å²) in [6.45, 7) is 2.67. The van der Waals surface area contributed by atoms with Crippen LogP contribution in [0.3, 0.4) is 0 Å². The van der Waals surface area contributed by atoms with Crippen LogP contribution in [-0.2, 0) is 14.3 Å². The van der Waals surface area contributed by atoms with Gasteiger partial charge >= 0.3 is 5.97 Å². The Balaban J connectivity index is 3.16. The lowest BCUT2D eigenvalue weighted by Gasteiger charge is -2.05. The molecule has 28 heavy (non-hydrogen) atoms. The number of carbonyl (C=O) groups is 2. The fraction of sp³-hybridized carbons (Fsp3) is 0.913. The van der Waals surface area contributed by atoms with Gasteiger partial charge in [0.25, 0.3) is 0 Å². The fourth-order valence-corrected chi connectivity index (χ4v) is 3.36. The molecule has 0 saturated heterocycles. The zero-order valence-corrected chi connectivity index (χ0v) is 18.4. The Hall–Kier alpha value is -1.10. The number of hydrogen-bond donors (Lipinski definition) is 2. The van der Waals surface area contributed by atoms with Gasteiger partial charge in [-0.15, -0.1) is 0 Å². The summed E-state index contributed by atoms with van der Waals surface area (Å²) in [7, 11) is 0. The molecule has 0 radical (unpaired) electrons. The van der Waals surface area contributed by atoms with Crippen LogP contribution in [-0.4, -0.2) is 18.5 Å². The summed E-state index contributed by atoms with van der Waals surface area (Å²) < 4.78 is 5.17. The molecule has 0 rings (SSSR count). The molecule has 3 N–H and O–H groups in total. The van der Waals surface area contributed by atoms with Crippen molar-refractivity contribution in [3.05, 3.63) is 0 Å². The van der Waals surface area contributed by atoms with Crippen LogP contribution in [0.4, 0.5) is 0 Å². The van der Waals surface area contributed by atoms with Crippen molar-refractivity contribution in [1.29, 1.82) is 0 Å². The van der Waals surface area contributed by atoms with Crippen molar-refractivity contribution in [2.75, 3.05) is 6.61 Å².